The molecular formula is C16H14FN3O2. The molecule has 0 bridgehead atoms. The summed E-state index contributed by atoms with van der Waals surface area (Å²) in [6, 6.07) is 9.64. The molecule has 2 aromatic carbocycles. The molecule has 6 heteroatoms. The van der Waals surface area contributed by atoms with E-state index in [1.165, 1.54) is 12.1 Å². The smallest absolute Gasteiger partial charge is 0.221 e. The van der Waals surface area contributed by atoms with Crippen LogP contribution in [0.3, 0.4) is 0 Å². The molecule has 0 atom stereocenters. The van der Waals surface area contributed by atoms with E-state index in [9.17, 15) is 4.39 Å². The van der Waals surface area contributed by atoms with Crippen molar-refractivity contribution < 1.29 is 13.9 Å². The second-order valence-corrected chi connectivity index (χ2v) is 4.67. The molecule has 0 saturated heterocycles. The van der Waals surface area contributed by atoms with Gasteiger partial charge in [-0.3, -0.25) is 0 Å². The molecule has 0 aliphatic heterocycles. The first-order valence-electron chi connectivity index (χ1n) is 6.57. The summed E-state index contributed by atoms with van der Waals surface area (Å²) in [4.78, 5) is 8.45. The summed E-state index contributed by atoms with van der Waals surface area (Å²) in [5.74, 6) is 0.849. The Bertz CT molecular complexity index is 852. The maximum Gasteiger partial charge on any atom is 0.221 e. The maximum atomic E-state index is 13.5. The number of nitrogens with two attached hydrogens (primary N) is 1. The van der Waals surface area contributed by atoms with Gasteiger partial charge < -0.3 is 15.2 Å². The molecule has 0 unspecified atom stereocenters. The zero-order valence-electron chi connectivity index (χ0n) is 12.1. The van der Waals surface area contributed by atoms with Crippen molar-refractivity contribution in [2.45, 2.75) is 0 Å². The predicted octanol–water partition coefficient (Wildman–Crippen LogP) is 3.04. The molecule has 1 heterocycles. The molecule has 112 valence electrons. The molecular weight excluding hydrogens is 285 g/mol. The third kappa shape index (κ3) is 2.39. The number of halogens is 1. The van der Waals surface area contributed by atoms with Crippen LogP contribution in [0.2, 0.25) is 0 Å². The molecule has 0 fully saturated rings. The largest absolute Gasteiger partial charge is 0.493 e. The zero-order chi connectivity index (χ0) is 15.7. The molecule has 2 N–H and O–H groups in total. The van der Waals surface area contributed by atoms with Gasteiger partial charge in [0.2, 0.25) is 5.95 Å². The van der Waals surface area contributed by atoms with Crippen molar-refractivity contribution in [3.05, 3.63) is 42.2 Å². The molecule has 0 amide bonds. The maximum absolute atomic E-state index is 13.5. The molecule has 0 saturated carbocycles. The quantitative estimate of drug-likeness (QED) is 0.805. The lowest BCUT2D eigenvalue weighted by molar-refractivity contribution is 0.356. The van der Waals surface area contributed by atoms with E-state index in [1.807, 2.05) is 0 Å². The van der Waals surface area contributed by atoms with Crippen molar-refractivity contribution in [1.82, 2.24) is 9.97 Å². The van der Waals surface area contributed by atoms with Crippen LogP contribution in [0.15, 0.2) is 36.4 Å². The minimum Gasteiger partial charge on any atom is -0.493 e. The van der Waals surface area contributed by atoms with Gasteiger partial charge in [0.25, 0.3) is 0 Å². The summed E-state index contributed by atoms with van der Waals surface area (Å²) in [5.41, 5.74) is 7.54. The second kappa shape index (κ2) is 5.48. The number of methoxy groups -OCH3 is 2. The Morgan fingerprint density at radius 1 is 1.00 bits per heavy atom. The van der Waals surface area contributed by atoms with Gasteiger partial charge in [0.05, 0.1) is 25.4 Å². The topological polar surface area (TPSA) is 70.3 Å². The molecule has 1 aromatic heterocycles. The number of nitrogens with zero attached hydrogens (tertiary/aromatic N) is 2. The monoisotopic (exact) mass is 299 g/mol. The number of ether oxygens (including phenoxy) is 2. The fraction of sp³-hybridized carbons (Fsp3) is 0.125. The van der Waals surface area contributed by atoms with Crippen LogP contribution in [-0.2, 0) is 0 Å². The highest BCUT2D eigenvalue weighted by Crippen LogP contribution is 2.35. The van der Waals surface area contributed by atoms with Crippen LogP contribution >= 0.6 is 0 Å². The lowest BCUT2D eigenvalue weighted by Crippen LogP contribution is -2.00. The van der Waals surface area contributed by atoms with Gasteiger partial charge >= 0.3 is 0 Å². The standard InChI is InChI=1S/C16H14FN3O2/c1-21-13-7-11-12(8-14(13)22-2)19-16(18)20-15(11)9-4-3-5-10(17)6-9/h3-8H,1-2H3,(H2,18,19,20). The van der Waals surface area contributed by atoms with E-state index >= 15 is 0 Å². The summed E-state index contributed by atoms with van der Waals surface area (Å²) in [6.45, 7) is 0. The van der Waals surface area contributed by atoms with Crippen molar-refractivity contribution in [3.8, 4) is 22.8 Å². The van der Waals surface area contributed by atoms with Gasteiger partial charge in [0, 0.05) is 17.0 Å². The van der Waals surface area contributed by atoms with Gasteiger partial charge in [-0.05, 0) is 18.2 Å². The lowest BCUT2D eigenvalue weighted by atomic mass is 10.1. The Kier molecular flexibility index (Phi) is 3.50. The minimum atomic E-state index is -0.344. The molecule has 22 heavy (non-hydrogen) atoms. The fourth-order valence-electron chi connectivity index (χ4n) is 2.33. The summed E-state index contributed by atoms with van der Waals surface area (Å²) >= 11 is 0. The van der Waals surface area contributed by atoms with Crippen molar-refractivity contribution >= 4 is 16.9 Å². The van der Waals surface area contributed by atoms with E-state index in [0.717, 1.165) is 0 Å². The first-order valence-corrected chi connectivity index (χ1v) is 6.57. The average Bonchev–Trinajstić information content (AvgIpc) is 2.52. The molecule has 0 aliphatic carbocycles. The number of aromatic nitrogens is 2. The summed E-state index contributed by atoms with van der Waals surface area (Å²) < 4.78 is 24.1. The average molecular weight is 299 g/mol. The van der Waals surface area contributed by atoms with E-state index in [4.69, 9.17) is 15.2 Å². The highest BCUT2D eigenvalue weighted by atomic mass is 19.1. The summed E-state index contributed by atoms with van der Waals surface area (Å²) in [7, 11) is 3.09. The number of hydrogen-bond acceptors (Lipinski definition) is 5. The van der Waals surface area contributed by atoms with Crippen LogP contribution in [0.4, 0.5) is 10.3 Å². The number of benzene rings is 2. The minimum absolute atomic E-state index is 0.110. The number of rotatable bonds is 3. The van der Waals surface area contributed by atoms with Crippen LogP contribution < -0.4 is 15.2 Å². The fourth-order valence-corrected chi connectivity index (χ4v) is 2.33. The molecule has 3 rings (SSSR count). The molecule has 0 radical (unpaired) electrons. The van der Waals surface area contributed by atoms with Gasteiger partial charge in [-0.2, -0.15) is 0 Å². The van der Waals surface area contributed by atoms with Crippen LogP contribution in [0, 0.1) is 5.82 Å². The Labute approximate surface area is 126 Å². The lowest BCUT2D eigenvalue weighted by Gasteiger charge is -2.12. The Hall–Kier alpha value is -2.89. The van der Waals surface area contributed by atoms with E-state index in [2.05, 4.69) is 9.97 Å². The predicted molar refractivity (Wildman–Crippen MR) is 82.4 cm³/mol. The normalized spacial score (nSPS) is 10.7. The molecule has 5 nitrogen and oxygen atoms in total. The van der Waals surface area contributed by atoms with Crippen molar-refractivity contribution in [2.75, 3.05) is 20.0 Å². The first-order chi connectivity index (χ1) is 10.6. The second-order valence-electron chi connectivity index (χ2n) is 4.67. The molecule has 3 aromatic rings. The summed E-state index contributed by atoms with van der Waals surface area (Å²) in [5, 5.41) is 0.706. The van der Waals surface area contributed by atoms with E-state index in [0.29, 0.717) is 33.7 Å². The van der Waals surface area contributed by atoms with Gasteiger partial charge in [0.1, 0.15) is 5.82 Å². The number of nitrogen functional groups attached to an aromatic ring is 1. The van der Waals surface area contributed by atoms with Gasteiger partial charge in [-0.15, -0.1) is 0 Å². The number of hydrogen-bond donors (Lipinski definition) is 1. The third-order valence-electron chi connectivity index (χ3n) is 3.32. The molecule has 0 aliphatic rings. The highest BCUT2D eigenvalue weighted by molar-refractivity contribution is 5.95. The van der Waals surface area contributed by atoms with Crippen molar-refractivity contribution in [3.63, 3.8) is 0 Å². The van der Waals surface area contributed by atoms with Gasteiger partial charge in [-0.25, -0.2) is 14.4 Å². The zero-order valence-corrected chi connectivity index (χ0v) is 12.1. The highest BCUT2D eigenvalue weighted by Gasteiger charge is 2.14. The SMILES string of the molecule is COc1cc2nc(N)nc(-c3cccc(F)c3)c2cc1OC. The first kappa shape index (κ1) is 14.1. The Morgan fingerprint density at radius 2 is 1.73 bits per heavy atom. The Morgan fingerprint density at radius 3 is 2.41 bits per heavy atom. The summed E-state index contributed by atoms with van der Waals surface area (Å²) in [6.07, 6.45) is 0. The van der Waals surface area contributed by atoms with Crippen LogP contribution in [0.5, 0.6) is 11.5 Å². The molecule has 0 spiro atoms. The number of anilines is 1. The van der Waals surface area contributed by atoms with Gasteiger partial charge in [-0.1, -0.05) is 12.1 Å². The Balaban J connectivity index is 2.34. The van der Waals surface area contributed by atoms with Crippen LogP contribution in [-0.4, -0.2) is 24.2 Å². The van der Waals surface area contributed by atoms with Gasteiger partial charge in [0.15, 0.2) is 11.5 Å². The van der Waals surface area contributed by atoms with Crippen LogP contribution in [0.25, 0.3) is 22.2 Å². The van der Waals surface area contributed by atoms with Crippen LogP contribution in [0.1, 0.15) is 0 Å². The van der Waals surface area contributed by atoms with E-state index in [-0.39, 0.29) is 11.8 Å². The van der Waals surface area contributed by atoms with E-state index in [1.54, 1.807) is 38.5 Å². The van der Waals surface area contributed by atoms with Crippen molar-refractivity contribution in [1.29, 1.82) is 0 Å². The number of fused-ring (bicyclic) bond motifs is 1. The third-order valence-corrected chi connectivity index (χ3v) is 3.32. The van der Waals surface area contributed by atoms with E-state index < -0.39 is 0 Å². The van der Waals surface area contributed by atoms with Crippen molar-refractivity contribution in [2.24, 2.45) is 0 Å².